The maximum atomic E-state index is 12.2. The van der Waals surface area contributed by atoms with Gasteiger partial charge in [-0.05, 0) is 37.3 Å². The van der Waals surface area contributed by atoms with E-state index in [4.69, 9.17) is 18.9 Å². The molecule has 9 heteroatoms. The number of methoxy groups -OCH3 is 1. The van der Waals surface area contributed by atoms with Crippen LogP contribution in [0.1, 0.15) is 51.0 Å². The molecule has 0 saturated carbocycles. The number of hydrogen-bond acceptors (Lipinski definition) is 7. The zero-order valence-corrected chi connectivity index (χ0v) is 19.4. The van der Waals surface area contributed by atoms with Crippen molar-refractivity contribution in [2.75, 3.05) is 39.3 Å². The van der Waals surface area contributed by atoms with Crippen molar-refractivity contribution in [2.24, 2.45) is 0 Å². The molecular formula is C22H35NO7S. The molecule has 1 amide bonds. The molecule has 0 aliphatic carbocycles. The Hall–Kier alpha value is -1.84. The van der Waals surface area contributed by atoms with Crippen molar-refractivity contribution in [1.29, 1.82) is 0 Å². The van der Waals surface area contributed by atoms with Gasteiger partial charge in [0.2, 0.25) is 15.9 Å². The summed E-state index contributed by atoms with van der Waals surface area (Å²) in [5.74, 6) is 0.715. The Morgan fingerprint density at radius 2 is 2.06 bits per heavy atom. The fourth-order valence-electron chi connectivity index (χ4n) is 3.23. The van der Waals surface area contributed by atoms with E-state index in [0.29, 0.717) is 44.2 Å². The third-order valence-electron chi connectivity index (χ3n) is 4.95. The highest BCUT2D eigenvalue weighted by atomic mass is 32.2. The zero-order valence-electron chi connectivity index (χ0n) is 18.6. The standard InChI is InChI=1S/C22H35NO7S/c1-3-4-5-15-31(25,26)23-22(24)11-9-18-8-10-19(29-14-13-27-2)16-21(18)30-17-20-7-6-12-28-20/h8,10,16,20H,3-7,9,11-15,17H2,1-2H3,(H,23,24). The van der Waals surface area contributed by atoms with Crippen LogP contribution >= 0.6 is 0 Å². The first-order valence-electron chi connectivity index (χ1n) is 11.0. The predicted octanol–water partition coefficient (Wildman–Crippen LogP) is 2.84. The van der Waals surface area contributed by atoms with Gasteiger partial charge < -0.3 is 18.9 Å². The number of carbonyl (C=O) groups is 1. The number of ether oxygens (including phenoxy) is 4. The minimum absolute atomic E-state index is 0.0319. The Morgan fingerprint density at radius 1 is 1.23 bits per heavy atom. The fraction of sp³-hybridized carbons (Fsp3) is 0.682. The Bertz CT molecular complexity index is 776. The maximum absolute atomic E-state index is 12.2. The Labute approximate surface area is 185 Å². The quantitative estimate of drug-likeness (QED) is 0.404. The lowest BCUT2D eigenvalue weighted by Crippen LogP contribution is -2.32. The summed E-state index contributed by atoms with van der Waals surface area (Å²) in [6, 6.07) is 5.44. The van der Waals surface area contributed by atoms with Crippen molar-refractivity contribution in [3.05, 3.63) is 23.8 Å². The first-order valence-corrected chi connectivity index (χ1v) is 12.6. The highest BCUT2D eigenvalue weighted by Crippen LogP contribution is 2.27. The Kier molecular flexibility index (Phi) is 11.1. The predicted molar refractivity (Wildman–Crippen MR) is 118 cm³/mol. The number of sulfonamides is 1. The lowest BCUT2D eigenvalue weighted by Gasteiger charge is -2.16. The third kappa shape index (κ3) is 9.88. The van der Waals surface area contributed by atoms with Crippen molar-refractivity contribution in [1.82, 2.24) is 4.72 Å². The van der Waals surface area contributed by atoms with Crippen LogP contribution in [0.25, 0.3) is 0 Å². The van der Waals surface area contributed by atoms with E-state index in [1.165, 1.54) is 0 Å². The van der Waals surface area contributed by atoms with Gasteiger partial charge in [0.25, 0.3) is 0 Å². The van der Waals surface area contributed by atoms with Crippen LogP contribution in [0.15, 0.2) is 18.2 Å². The maximum Gasteiger partial charge on any atom is 0.234 e. The summed E-state index contributed by atoms with van der Waals surface area (Å²) in [7, 11) is -1.98. The van der Waals surface area contributed by atoms with E-state index < -0.39 is 15.9 Å². The summed E-state index contributed by atoms with van der Waals surface area (Å²) in [5, 5.41) is 0. The molecule has 2 rings (SSSR count). The molecule has 31 heavy (non-hydrogen) atoms. The second-order valence-corrected chi connectivity index (χ2v) is 9.45. The van der Waals surface area contributed by atoms with Crippen molar-refractivity contribution in [3.63, 3.8) is 0 Å². The van der Waals surface area contributed by atoms with Gasteiger partial charge in [-0.15, -0.1) is 0 Å². The molecule has 0 radical (unpaired) electrons. The number of unbranched alkanes of at least 4 members (excludes halogenated alkanes) is 2. The molecule has 8 nitrogen and oxygen atoms in total. The molecule has 0 aromatic heterocycles. The van der Waals surface area contributed by atoms with Crippen LogP contribution < -0.4 is 14.2 Å². The first kappa shape index (κ1) is 25.4. The number of amides is 1. The SMILES string of the molecule is CCCCCS(=O)(=O)NC(=O)CCc1ccc(OCCOC)cc1OCC1CCCO1. The van der Waals surface area contributed by atoms with Gasteiger partial charge in [-0.25, -0.2) is 8.42 Å². The van der Waals surface area contributed by atoms with Crippen molar-refractivity contribution < 1.29 is 32.2 Å². The van der Waals surface area contributed by atoms with Gasteiger partial charge >= 0.3 is 0 Å². The van der Waals surface area contributed by atoms with Gasteiger partial charge in [-0.1, -0.05) is 25.8 Å². The molecule has 1 aromatic carbocycles. The Balaban J connectivity index is 1.95. The average Bonchev–Trinajstić information content (AvgIpc) is 3.25. The first-order chi connectivity index (χ1) is 14.9. The summed E-state index contributed by atoms with van der Waals surface area (Å²) >= 11 is 0. The molecule has 1 saturated heterocycles. The number of rotatable bonds is 15. The summed E-state index contributed by atoms with van der Waals surface area (Å²) in [6.07, 6.45) is 4.73. The minimum atomic E-state index is -3.59. The van der Waals surface area contributed by atoms with Crippen LogP contribution in [0.4, 0.5) is 0 Å². The number of aryl methyl sites for hydroxylation is 1. The van der Waals surface area contributed by atoms with Crippen LogP contribution in [0.5, 0.6) is 11.5 Å². The molecule has 1 aliphatic rings. The van der Waals surface area contributed by atoms with Gasteiger partial charge in [0, 0.05) is 26.2 Å². The van der Waals surface area contributed by atoms with Gasteiger partial charge in [0.05, 0.1) is 18.5 Å². The third-order valence-corrected chi connectivity index (χ3v) is 6.32. The van der Waals surface area contributed by atoms with Gasteiger partial charge in [0.15, 0.2) is 0 Å². The van der Waals surface area contributed by atoms with Crippen molar-refractivity contribution in [2.45, 2.75) is 58.0 Å². The molecule has 1 fully saturated rings. The van der Waals surface area contributed by atoms with Crippen LogP contribution in [0, 0.1) is 0 Å². The van der Waals surface area contributed by atoms with E-state index in [0.717, 1.165) is 37.9 Å². The molecule has 1 atom stereocenters. The number of hydrogen-bond donors (Lipinski definition) is 1. The van der Waals surface area contributed by atoms with E-state index in [1.807, 2.05) is 19.1 Å². The van der Waals surface area contributed by atoms with Gasteiger partial charge in [-0.3, -0.25) is 9.52 Å². The normalized spacial score (nSPS) is 16.3. The molecule has 1 N–H and O–H groups in total. The van der Waals surface area contributed by atoms with E-state index in [2.05, 4.69) is 4.72 Å². The van der Waals surface area contributed by atoms with E-state index in [1.54, 1.807) is 13.2 Å². The molecule has 176 valence electrons. The second kappa shape index (κ2) is 13.5. The van der Waals surface area contributed by atoms with Crippen LogP contribution in [0.2, 0.25) is 0 Å². The highest BCUT2D eigenvalue weighted by molar-refractivity contribution is 7.90. The number of carbonyl (C=O) groups excluding carboxylic acids is 1. The molecular weight excluding hydrogens is 422 g/mol. The lowest BCUT2D eigenvalue weighted by molar-refractivity contribution is -0.119. The summed E-state index contributed by atoms with van der Waals surface area (Å²) < 4.78 is 48.4. The highest BCUT2D eigenvalue weighted by Gasteiger charge is 2.18. The molecule has 0 bridgehead atoms. The molecule has 1 aliphatic heterocycles. The summed E-state index contributed by atoms with van der Waals surface area (Å²) in [4.78, 5) is 12.2. The van der Waals surface area contributed by atoms with Crippen molar-refractivity contribution in [3.8, 4) is 11.5 Å². The zero-order chi connectivity index (χ0) is 22.5. The monoisotopic (exact) mass is 457 g/mol. The van der Waals surface area contributed by atoms with E-state index in [9.17, 15) is 13.2 Å². The topological polar surface area (TPSA) is 100 Å². The molecule has 1 aromatic rings. The number of nitrogens with one attached hydrogen (secondary N) is 1. The molecule has 0 spiro atoms. The average molecular weight is 458 g/mol. The second-order valence-electron chi connectivity index (χ2n) is 7.61. The molecule has 1 heterocycles. The largest absolute Gasteiger partial charge is 0.491 e. The van der Waals surface area contributed by atoms with Crippen LogP contribution in [-0.2, 0) is 30.7 Å². The fourth-order valence-corrected chi connectivity index (χ4v) is 4.37. The Morgan fingerprint density at radius 3 is 2.77 bits per heavy atom. The van der Waals surface area contributed by atoms with Crippen LogP contribution in [0.3, 0.4) is 0 Å². The van der Waals surface area contributed by atoms with E-state index >= 15 is 0 Å². The van der Waals surface area contributed by atoms with Gasteiger partial charge in [-0.2, -0.15) is 0 Å². The summed E-state index contributed by atoms with van der Waals surface area (Å²) in [6.45, 7) is 4.05. The lowest BCUT2D eigenvalue weighted by atomic mass is 10.1. The smallest absolute Gasteiger partial charge is 0.234 e. The minimum Gasteiger partial charge on any atom is -0.491 e. The van der Waals surface area contributed by atoms with Crippen LogP contribution in [-0.4, -0.2) is 59.7 Å². The van der Waals surface area contributed by atoms with E-state index in [-0.39, 0.29) is 18.3 Å². The molecule has 1 unspecified atom stereocenters. The number of benzene rings is 1. The van der Waals surface area contributed by atoms with Gasteiger partial charge in [0.1, 0.15) is 24.7 Å². The summed E-state index contributed by atoms with van der Waals surface area (Å²) in [5.41, 5.74) is 0.815. The van der Waals surface area contributed by atoms with Crippen molar-refractivity contribution >= 4 is 15.9 Å².